The number of aromatic hydroxyl groups is 1. The molecule has 1 fully saturated rings. The first kappa shape index (κ1) is 31.4. The molecule has 6 rings (SSSR count). The number of nitrogens with zero attached hydrogens (tertiary/aromatic N) is 7. The minimum atomic E-state index is -0.722. The average molecular weight is 647 g/mol. The summed E-state index contributed by atoms with van der Waals surface area (Å²) >= 11 is 7.07. The standard InChI is InChI=1S/C33H36ClFN8O3/c1-7-22(45)41-13-18(6)42-19(14-41)11-12-36-28-24-31(39-29(25(28)34)23-20(35)9-8-10-21(23)44)43(33(46)40-32(24)42)30-26(16(2)3)37-15-38-27(30)17(4)5/h7-10,15-19,36,44H,1,11-14H2,2-6H3. The highest BCUT2D eigenvalue weighted by Gasteiger charge is 2.39. The number of phenolic OH excluding ortho intramolecular Hbond substituents is 1. The van der Waals surface area contributed by atoms with E-state index in [1.54, 1.807) is 4.90 Å². The molecule has 0 bridgehead atoms. The van der Waals surface area contributed by atoms with Crippen molar-refractivity contribution in [2.24, 2.45) is 0 Å². The zero-order valence-electron chi connectivity index (χ0n) is 26.4. The van der Waals surface area contributed by atoms with E-state index in [2.05, 4.69) is 26.8 Å². The smallest absolute Gasteiger partial charge is 0.355 e. The minimum absolute atomic E-state index is 0.0295. The number of fused-ring (bicyclic) bond motifs is 2. The third-order valence-electron chi connectivity index (χ3n) is 8.67. The molecule has 1 amide bonds. The number of benzene rings is 1. The first-order valence-corrected chi connectivity index (χ1v) is 15.7. The van der Waals surface area contributed by atoms with Gasteiger partial charge in [0.2, 0.25) is 5.91 Å². The van der Waals surface area contributed by atoms with Gasteiger partial charge in [-0.2, -0.15) is 4.98 Å². The number of halogens is 2. The normalized spacial score (nSPS) is 17.9. The Morgan fingerprint density at radius 1 is 1.15 bits per heavy atom. The summed E-state index contributed by atoms with van der Waals surface area (Å²) in [5.74, 6) is -1.08. The van der Waals surface area contributed by atoms with Crippen molar-refractivity contribution in [1.82, 2.24) is 29.4 Å². The summed E-state index contributed by atoms with van der Waals surface area (Å²) in [4.78, 5) is 49.6. The third-order valence-corrected chi connectivity index (χ3v) is 9.03. The van der Waals surface area contributed by atoms with E-state index in [1.165, 1.54) is 35.2 Å². The molecule has 1 saturated heterocycles. The molecule has 11 nitrogen and oxygen atoms in total. The van der Waals surface area contributed by atoms with Crippen molar-refractivity contribution in [3.05, 3.63) is 69.9 Å². The molecule has 2 N–H and O–H groups in total. The van der Waals surface area contributed by atoms with Gasteiger partial charge in [0.15, 0.2) is 5.65 Å². The summed E-state index contributed by atoms with van der Waals surface area (Å²) in [5, 5.41) is 14.8. The molecule has 4 aromatic rings. The predicted molar refractivity (Wildman–Crippen MR) is 177 cm³/mol. The second kappa shape index (κ2) is 12.0. The number of piperazine rings is 1. The zero-order valence-corrected chi connectivity index (χ0v) is 27.1. The Balaban J connectivity index is 1.76. The number of pyridine rings is 1. The van der Waals surface area contributed by atoms with Gasteiger partial charge >= 0.3 is 5.69 Å². The van der Waals surface area contributed by atoms with E-state index in [0.29, 0.717) is 60.0 Å². The number of carbonyl (C=O) groups excluding carboxylic acids is 1. The Kier molecular flexibility index (Phi) is 8.18. The zero-order chi connectivity index (χ0) is 33.0. The van der Waals surface area contributed by atoms with Crippen molar-refractivity contribution in [3.63, 3.8) is 0 Å². The highest BCUT2D eigenvalue weighted by molar-refractivity contribution is 6.37. The van der Waals surface area contributed by atoms with Crippen molar-refractivity contribution in [1.29, 1.82) is 0 Å². The predicted octanol–water partition coefficient (Wildman–Crippen LogP) is 5.39. The maximum atomic E-state index is 15.4. The van der Waals surface area contributed by atoms with Crippen molar-refractivity contribution >= 4 is 40.0 Å². The molecule has 2 aliphatic heterocycles. The van der Waals surface area contributed by atoms with Crippen LogP contribution in [0.1, 0.15) is 64.3 Å². The van der Waals surface area contributed by atoms with Crippen molar-refractivity contribution < 1.29 is 14.3 Å². The summed E-state index contributed by atoms with van der Waals surface area (Å²) in [6.07, 6.45) is 3.37. The first-order chi connectivity index (χ1) is 21.9. The number of hydrogen-bond acceptors (Lipinski definition) is 9. The van der Waals surface area contributed by atoms with Gasteiger partial charge in [0, 0.05) is 25.7 Å². The van der Waals surface area contributed by atoms with Gasteiger partial charge in [-0.15, -0.1) is 0 Å². The quantitative estimate of drug-likeness (QED) is 0.274. The molecule has 0 saturated carbocycles. The average Bonchev–Trinajstić information content (AvgIpc) is 3.00. The number of aromatic nitrogens is 5. The van der Waals surface area contributed by atoms with Crippen molar-refractivity contribution in [2.75, 3.05) is 29.9 Å². The van der Waals surface area contributed by atoms with Gasteiger partial charge in [-0.25, -0.2) is 28.7 Å². The first-order valence-electron chi connectivity index (χ1n) is 15.4. The summed E-state index contributed by atoms with van der Waals surface area (Å²) in [7, 11) is 0. The monoisotopic (exact) mass is 646 g/mol. The number of nitrogens with one attached hydrogen (secondary N) is 1. The van der Waals surface area contributed by atoms with Gasteiger partial charge in [-0.1, -0.05) is 51.9 Å². The molecule has 0 aliphatic carbocycles. The maximum absolute atomic E-state index is 15.4. The Morgan fingerprint density at radius 2 is 1.85 bits per heavy atom. The highest BCUT2D eigenvalue weighted by atomic mass is 35.5. The molecular formula is C33H36ClFN8O3. The van der Waals surface area contributed by atoms with Crippen LogP contribution in [-0.4, -0.2) is 72.1 Å². The van der Waals surface area contributed by atoms with Crippen LogP contribution >= 0.6 is 11.6 Å². The maximum Gasteiger partial charge on any atom is 0.355 e. The summed E-state index contributed by atoms with van der Waals surface area (Å²) in [6, 6.07) is 3.55. The van der Waals surface area contributed by atoms with Gasteiger partial charge in [0.1, 0.15) is 29.4 Å². The Bertz CT molecular complexity index is 1900. The molecule has 0 radical (unpaired) electrons. The van der Waals surface area contributed by atoms with E-state index in [-0.39, 0.29) is 57.5 Å². The SMILES string of the molecule is C=CC(=O)N1CC(C)N2c3nc(=O)n(-c4c(C(C)C)ncnc4C(C)C)c4nc(-c5c(O)cccc5F)c(Cl)c(c34)NCCC2C1. The number of anilines is 2. The fourth-order valence-corrected chi connectivity index (χ4v) is 6.93. The number of rotatable bonds is 5. The van der Waals surface area contributed by atoms with E-state index >= 15 is 4.39 Å². The lowest BCUT2D eigenvalue weighted by molar-refractivity contribution is -0.127. The van der Waals surface area contributed by atoms with E-state index in [1.807, 2.05) is 34.6 Å². The van der Waals surface area contributed by atoms with Gasteiger partial charge in [-0.05, 0) is 43.4 Å². The molecule has 240 valence electrons. The largest absolute Gasteiger partial charge is 0.507 e. The summed E-state index contributed by atoms with van der Waals surface area (Å²) in [6.45, 7) is 14.7. The van der Waals surface area contributed by atoms with Gasteiger partial charge in [0.25, 0.3) is 0 Å². The van der Waals surface area contributed by atoms with Crippen LogP contribution in [0.5, 0.6) is 5.75 Å². The fraction of sp³-hybridized carbons (Fsp3) is 0.394. The van der Waals surface area contributed by atoms with E-state index in [9.17, 15) is 14.7 Å². The van der Waals surface area contributed by atoms with Crippen LogP contribution in [0.4, 0.5) is 15.9 Å². The van der Waals surface area contributed by atoms with Crippen LogP contribution in [0.3, 0.4) is 0 Å². The molecule has 3 aromatic heterocycles. The van der Waals surface area contributed by atoms with E-state index in [0.717, 1.165) is 0 Å². The lowest BCUT2D eigenvalue weighted by atomic mass is 9.99. The van der Waals surface area contributed by atoms with Crippen LogP contribution in [0.25, 0.3) is 28.0 Å². The molecule has 2 unspecified atom stereocenters. The number of amides is 1. The second-order valence-corrected chi connectivity index (χ2v) is 12.8. The third kappa shape index (κ3) is 5.04. The van der Waals surface area contributed by atoms with Crippen LogP contribution in [0, 0.1) is 5.82 Å². The molecule has 46 heavy (non-hydrogen) atoms. The van der Waals surface area contributed by atoms with Gasteiger partial charge in [-0.3, -0.25) is 4.79 Å². The van der Waals surface area contributed by atoms with Crippen LogP contribution in [0.2, 0.25) is 5.02 Å². The van der Waals surface area contributed by atoms with Crippen molar-refractivity contribution in [3.8, 4) is 22.7 Å². The van der Waals surface area contributed by atoms with Crippen LogP contribution in [0.15, 0.2) is 42.0 Å². The molecule has 5 heterocycles. The number of carbonyl (C=O) groups is 1. The summed E-state index contributed by atoms with van der Waals surface area (Å²) < 4.78 is 16.8. The number of hydrogen-bond donors (Lipinski definition) is 2. The Morgan fingerprint density at radius 3 is 2.48 bits per heavy atom. The molecule has 2 aliphatic rings. The topological polar surface area (TPSA) is 129 Å². The molecule has 1 aromatic carbocycles. The minimum Gasteiger partial charge on any atom is -0.507 e. The fourth-order valence-electron chi connectivity index (χ4n) is 6.63. The van der Waals surface area contributed by atoms with Crippen LogP contribution in [-0.2, 0) is 4.79 Å². The summed E-state index contributed by atoms with van der Waals surface area (Å²) in [5.41, 5.74) is 1.42. The lowest BCUT2D eigenvalue weighted by Gasteiger charge is -2.47. The second-order valence-electron chi connectivity index (χ2n) is 12.4. The van der Waals surface area contributed by atoms with Gasteiger partial charge in [0.05, 0.1) is 44.8 Å². The van der Waals surface area contributed by atoms with Crippen molar-refractivity contribution in [2.45, 2.75) is 65.0 Å². The lowest BCUT2D eigenvalue weighted by Crippen LogP contribution is -2.60. The van der Waals surface area contributed by atoms with E-state index < -0.39 is 11.5 Å². The Labute approximate surface area is 270 Å². The number of phenols is 1. The van der Waals surface area contributed by atoms with Crippen LogP contribution < -0.4 is 15.9 Å². The molecule has 2 atom stereocenters. The van der Waals surface area contributed by atoms with Gasteiger partial charge < -0.3 is 20.2 Å². The highest BCUT2D eigenvalue weighted by Crippen LogP contribution is 2.46. The van der Waals surface area contributed by atoms with E-state index in [4.69, 9.17) is 21.6 Å². The molecular weight excluding hydrogens is 611 g/mol. The Hall–Kier alpha value is -4.58. The molecule has 0 spiro atoms. The molecule has 13 heteroatoms.